The Balaban J connectivity index is 2.15. The van der Waals surface area contributed by atoms with E-state index >= 15 is 0 Å². The fourth-order valence-corrected chi connectivity index (χ4v) is 4.81. The number of hydrogen-bond acceptors (Lipinski definition) is 5. The van der Waals surface area contributed by atoms with Crippen molar-refractivity contribution in [2.45, 2.75) is 31.6 Å². The number of ether oxygens (including phenoxy) is 1. The maximum absolute atomic E-state index is 13.2. The summed E-state index contributed by atoms with van der Waals surface area (Å²) in [5.41, 5.74) is 0. The molecule has 1 saturated heterocycles. The lowest BCUT2D eigenvalue weighted by atomic mass is 10.1. The molecule has 7 nitrogen and oxygen atoms in total. The minimum atomic E-state index is -3.76. The summed E-state index contributed by atoms with van der Waals surface area (Å²) in [6, 6.07) is 4.43. The van der Waals surface area contributed by atoms with E-state index in [1.54, 1.807) is 11.0 Å². The van der Waals surface area contributed by atoms with E-state index in [1.807, 2.05) is 13.8 Å². The first-order chi connectivity index (χ1) is 13.3. The Labute approximate surface area is 173 Å². The highest BCUT2D eigenvalue weighted by atomic mass is 35.5. The van der Waals surface area contributed by atoms with Crippen LogP contribution in [0.1, 0.15) is 26.7 Å². The Morgan fingerprint density at radius 3 is 2.54 bits per heavy atom. The van der Waals surface area contributed by atoms with Gasteiger partial charge in [-0.2, -0.15) is 4.31 Å². The van der Waals surface area contributed by atoms with E-state index in [-0.39, 0.29) is 28.8 Å². The van der Waals surface area contributed by atoms with Gasteiger partial charge in [-0.25, -0.2) is 8.42 Å². The molecule has 0 aliphatic carbocycles. The summed E-state index contributed by atoms with van der Waals surface area (Å²) in [4.78, 5) is 14.4. The Hall–Kier alpha value is -1.35. The predicted octanol–water partition coefficient (Wildman–Crippen LogP) is 2.21. The molecule has 0 atom stereocenters. The van der Waals surface area contributed by atoms with E-state index in [0.29, 0.717) is 37.7 Å². The number of nitrogens with one attached hydrogen (secondary N) is 1. The van der Waals surface area contributed by atoms with Gasteiger partial charge in [0.25, 0.3) is 0 Å². The number of carbonyl (C=O) groups excluding carboxylic acids is 1. The molecule has 0 radical (unpaired) electrons. The second-order valence-corrected chi connectivity index (χ2v) is 9.61. The molecule has 0 spiro atoms. The van der Waals surface area contributed by atoms with Crippen molar-refractivity contribution in [2.24, 2.45) is 5.92 Å². The van der Waals surface area contributed by atoms with Crippen molar-refractivity contribution in [3.05, 3.63) is 23.2 Å². The Morgan fingerprint density at radius 1 is 1.29 bits per heavy atom. The molecule has 0 saturated carbocycles. The quantitative estimate of drug-likeness (QED) is 0.648. The Kier molecular flexibility index (Phi) is 8.55. The lowest BCUT2D eigenvalue weighted by Crippen LogP contribution is -2.47. The van der Waals surface area contributed by atoms with Crippen LogP contribution >= 0.6 is 11.6 Å². The molecule has 1 aliphatic rings. The highest BCUT2D eigenvalue weighted by molar-refractivity contribution is 7.89. The van der Waals surface area contributed by atoms with Crippen LogP contribution in [0.25, 0.3) is 0 Å². The van der Waals surface area contributed by atoms with Gasteiger partial charge in [-0.3, -0.25) is 4.79 Å². The molecule has 0 bridgehead atoms. The molecule has 1 fully saturated rings. The first-order valence-corrected chi connectivity index (χ1v) is 11.4. The third kappa shape index (κ3) is 6.07. The number of piperazine rings is 1. The standard InChI is InChI=1S/C19H30ClN3O4S/c1-15(2)6-10-23(11-7-19(24)22-12-8-21-9-13-22)28(25,26)16-4-5-18(27-3)17(20)14-16/h4-5,14-15,21H,6-13H2,1-3H3. The highest BCUT2D eigenvalue weighted by Crippen LogP contribution is 2.28. The first-order valence-electron chi connectivity index (χ1n) is 9.58. The molecule has 0 unspecified atom stereocenters. The lowest BCUT2D eigenvalue weighted by Gasteiger charge is -2.29. The highest BCUT2D eigenvalue weighted by Gasteiger charge is 2.27. The van der Waals surface area contributed by atoms with Crippen LogP contribution < -0.4 is 10.1 Å². The summed E-state index contributed by atoms with van der Waals surface area (Å²) >= 11 is 6.12. The van der Waals surface area contributed by atoms with Crippen LogP contribution in [0.5, 0.6) is 5.75 Å². The SMILES string of the molecule is COc1ccc(S(=O)(=O)N(CCC(=O)N2CCNCC2)CCC(C)C)cc1Cl. The fraction of sp³-hybridized carbons (Fsp3) is 0.632. The molecule has 1 aliphatic heterocycles. The third-order valence-corrected chi connectivity index (χ3v) is 6.95. The van der Waals surface area contributed by atoms with Crippen LogP contribution in [0.4, 0.5) is 0 Å². The van der Waals surface area contributed by atoms with Gasteiger partial charge >= 0.3 is 0 Å². The fourth-order valence-electron chi connectivity index (χ4n) is 3.00. The van der Waals surface area contributed by atoms with Crippen LogP contribution in [0.15, 0.2) is 23.1 Å². The Morgan fingerprint density at radius 2 is 1.96 bits per heavy atom. The minimum absolute atomic E-state index is 0.0148. The summed E-state index contributed by atoms with van der Waals surface area (Å²) in [5, 5.41) is 3.44. The molecule has 1 aromatic carbocycles. The largest absolute Gasteiger partial charge is 0.495 e. The Bertz CT molecular complexity index is 764. The van der Waals surface area contributed by atoms with Crippen molar-refractivity contribution in [3.8, 4) is 5.75 Å². The molecule has 28 heavy (non-hydrogen) atoms. The zero-order valence-electron chi connectivity index (χ0n) is 16.8. The lowest BCUT2D eigenvalue weighted by molar-refractivity contribution is -0.131. The van der Waals surface area contributed by atoms with E-state index < -0.39 is 10.0 Å². The van der Waals surface area contributed by atoms with E-state index in [0.717, 1.165) is 13.1 Å². The maximum Gasteiger partial charge on any atom is 0.243 e. The maximum atomic E-state index is 13.2. The summed E-state index contributed by atoms with van der Waals surface area (Å²) < 4.78 is 32.9. The first kappa shape index (κ1) is 22.9. The van der Waals surface area contributed by atoms with Gasteiger partial charge in [0.05, 0.1) is 17.0 Å². The van der Waals surface area contributed by atoms with Crippen LogP contribution in [0.2, 0.25) is 5.02 Å². The molecule has 2 rings (SSSR count). The van der Waals surface area contributed by atoms with Gasteiger partial charge < -0.3 is 15.0 Å². The van der Waals surface area contributed by atoms with E-state index in [9.17, 15) is 13.2 Å². The number of halogens is 1. The van der Waals surface area contributed by atoms with Gasteiger partial charge in [-0.1, -0.05) is 25.4 Å². The smallest absolute Gasteiger partial charge is 0.243 e. The summed E-state index contributed by atoms with van der Waals surface area (Å²) in [6.45, 7) is 7.45. The number of benzene rings is 1. The number of nitrogens with zero attached hydrogens (tertiary/aromatic N) is 2. The van der Waals surface area contributed by atoms with E-state index in [4.69, 9.17) is 16.3 Å². The van der Waals surface area contributed by atoms with Gasteiger partial charge in [0.1, 0.15) is 5.75 Å². The monoisotopic (exact) mass is 431 g/mol. The topological polar surface area (TPSA) is 79.0 Å². The van der Waals surface area contributed by atoms with E-state index in [2.05, 4.69) is 5.32 Å². The van der Waals surface area contributed by atoms with Crippen molar-refractivity contribution < 1.29 is 17.9 Å². The summed E-state index contributed by atoms with van der Waals surface area (Å²) in [6.07, 6.45) is 0.881. The van der Waals surface area contributed by atoms with Gasteiger partial charge in [0.2, 0.25) is 15.9 Å². The number of methoxy groups -OCH3 is 1. The molecule has 1 heterocycles. The van der Waals surface area contributed by atoms with Crippen molar-refractivity contribution in [2.75, 3.05) is 46.4 Å². The minimum Gasteiger partial charge on any atom is -0.495 e. The number of sulfonamides is 1. The zero-order valence-corrected chi connectivity index (χ0v) is 18.4. The normalized spacial score (nSPS) is 15.3. The van der Waals surface area contributed by atoms with Crippen LogP contribution in [0, 0.1) is 5.92 Å². The van der Waals surface area contributed by atoms with Crippen LogP contribution in [0.3, 0.4) is 0 Å². The van der Waals surface area contributed by atoms with Crippen molar-refractivity contribution in [1.29, 1.82) is 0 Å². The molecule has 1 aromatic rings. The van der Waals surface area contributed by atoms with Gasteiger partial charge in [-0.05, 0) is 30.5 Å². The predicted molar refractivity (Wildman–Crippen MR) is 110 cm³/mol. The molecule has 1 N–H and O–H groups in total. The summed E-state index contributed by atoms with van der Waals surface area (Å²) in [5.74, 6) is 0.753. The van der Waals surface area contributed by atoms with Gasteiger partial charge in [0.15, 0.2) is 0 Å². The third-order valence-electron chi connectivity index (χ3n) is 4.76. The van der Waals surface area contributed by atoms with Crippen LogP contribution in [-0.4, -0.2) is 69.9 Å². The number of rotatable bonds is 9. The van der Waals surface area contributed by atoms with Crippen molar-refractivity contribution in [3.63, 3.8) is 0 Å². The second-order valence-electron chi connectivity index (χ2n) is 7.26. The van der Waals surface area contributed by atoms with Crippen LogP contribution in [-0.2, 0) is 14.8 Å². The number of hydrogen-bond donors (Lipinski definition) is 1. The molecular formula is C19H30ClN3O4S. The molecule has 0 aromatic heterocycles. The summed E-state index contributed by atoms with van der Waals surface area (Å²) in [7, 11) is -2.28. The number of amides is 1. The average molecular weight is 432 g/mol. The molecule has 1 amide bonds. The van der Waals surface area contributed by atoms with Crippen molar-refractivity contribution in [1.82, 2.24) is 14.5 Å². The van der Waals surface area contributed by atoms with Gasteiger partial charge in [0, 0.05) is 45.7 Å². The van der Waals surface area contributed by atoms with E-state index in [1.165, 1.54) is 23.5 Å². The van der Waals surface area contributed by atoms with Gasteiger partial charge in [-0.15, -0.1) is 0 Å². The second kappa shape index (κ2) is 10.4. The molecular weight excluding hydrogens is 402 g/mol. The van der Waals surface area contributed by atoms with Crippen molar-refractivity contribution >= 4 is 27.5 Å². The average Bonchev–Trinajstić information content (AvgIpc) is 2.67. The zero-order chi connectivity index (χ0) is 20.7. The number of carbonyl (C=O) groups is 1. The molecule has 9 heteroatoms. The molecule has 158 valence electrons.